The second-order valence-electron chi connectivity index (χ2n) is 4.83. The molecule has 1 heterocycles. The maximum absolute atomic E-state index is 12.3. The Labute approximate surface area is 138 Å². The Bertz CT molecular complexity index is 955. The molecule has 3 aromatic rings. The topological polar surface area (TPSA) is 82.8 Å². The van der Waals surface area contributed by atoms with E-state index in [4.69, 9.17) is 5.26 Å². The first-order chi connectivity index (χ1) is 11.1. The molecule has 0 radical (unpaired) electrons. The normalized spacial score (nSPS) is 11.4. The molecule has 0 fully saturated rings. The number of aromatic nitrogens is 1. The molecule has 1 aromatic heterocycles. The van der Waals surface area contributed by atoms with Crippen LogP contribution < -0.4 is 4.72 Å². The van der Waals surface area contributed by atoms with Crippen LogP contribution in [0, 0.1) is 11.3 Å². The number of fused-ring (bicyclic) bond motifs is 1. The van der Waals surface area contributed by atoms with Gasteiger partial charge in [-0.3, -0.25) is 0 Å². The van der Waals surface area contributed by atoms with Crippen molar-refractivity contribution < 1.29 is 8.42 Å². The predicted octanol–water partition coefficient (Wildman–Crippen LogP) is 2.69. The predicted molar refractivity (Wildman–Crippen MR) is 89.7 cm³/mol. The van der Waals surface area contributed by atoms with Gasteiger partial charge in [0.25, 0.3) is 0 Å². The number of hydrogen-bond donors (Lipinski definition) is 1. The summed E-state index contributed by atoms with van der Waals surface area (Å²) in [5, 5.41) is 9.89. The van der Waals surface area contributed by atoms with E-state index in [0.717, 1.165) is 15.2 Å². The molecule has 0 unspecified atom stereocenters. The number of benzene rings is 2. The van der Waals surface area contributed by atoms with Crippen molar-refractivity contribution in [2.45, 2.75) is 11.3 Å². The van der Waals surface area contributed by atoms with Crippen molar-refractivity contribution in [3.05, 3.63) is 59.1 Å². The van der Waals surface area contributed by atoms with E-state index >= 15 is 0 Å². The van der Waals surface area contributed by atoms with E-state index in [2.05, 4.69) is 9.71 Å². The highest BCUT2D eigenvalue weighted by Crippen LogP contribution is 2.21. The molecule has 0 aliphatic carbocycles. The number of nitrogens with zero attached hydrogens (tertiary/aromatic N) is 2. The number of para-hydroxylation sites is 1. The summed E-state index contributed by atoms with van der Waals surface area (Å²) in [4.78, 5) is 4.48. The number of sulfonamides is 1. The van der Waals surface area contributed by atoms with E-state index in [1.807, 2.05) is 30.3 Å². The molecule has 23 heavy (non-hydrogen) atoms. The number of nitriles is 1. The fourth-order valence-electron chi connectivity index (χ4n) is 2.19. The van der Waals surface area contributed by atoms with E-state index in [1.165, 1.54) is 12.1 Å². The molecule has 116 valence electrons. The van der Waals surface area contributed by atoms with E-state index < -0.39 is 10.0 Å². The molecule has 1 N–H and O–H groups in total. The van der Waals surface area contributed by atoms with Gasteiger partial charge in [-0.05, 0) is 24.3 Å². The number of nitrogens with one attached hydrogen (secondary N) is 1. The van der Waals surface area contributed by atoms with Crippen LogP contribution in [0.2, 0.25) is 0 Å². The Kier molecular flexibility index (Phi) is 4.39. The third kappa shape index (κ3) is 3.40. The Morgan fingerprint density at radius 3 is 2.65 bits per heavy atom. The number of hydrogen-bond acceptors (Lipinski definition) is 5. The van der Waals surface area contributed by atoms with Gasteiger partial charge < -0.3 is 0 Å². The molecule has 2 aromatic carbocycles. The van der Waals surface area contributed by atoms with Gasteiger partial charge in [-0.1, -0.05) is 24.3 Å². The fraction of sp³-hybridized carbons (Fsp3) is 0.125. The van der Waals surface area contributed by atoms with Crippen molar-refractivity contribution in [1.29, 1.82) is 5.26 Å². The average molecular weight is 343 g/mol. The van der Waals surface area contributed by atoms with Crippen molar-refractivity contribution in [3.8, 4) is 6.07 Å². The third-order valence-electron chi connectivity index (χ3n) is 3.27. The molecule has 0 saturated heterocycles. The van der Waals surface area contributed by atoms with Crippen LogP contribution in [0.15, 0.2) is 53.4 Å². The van der Waals surface area contributed by atoms with Crippen LogP contribution in [0.4, 0.5) is 0 Å². The Morgan fingerprint density at radius 1 is 1.13 bits per heavy atom. The lowest BCUT2D eigenvalue weighted by atomic mass is 10.2. The van der Waals surface area contributed by atoms with E-state index in [-0.39, 0.29) is 17.0 Å². The van der Waals surface area contributed by atoms with Gasteiger partial charge in [0.15, 0.2) is 0 Å². The van der Waals surface area contributed by atoms with Gasteiger partial charge in [-0.15, -0.1) is 11.3 Å². The summed E-state index contributed by atoms with van der Waals surface area (Å²) >= 11 is 1.55. The molecular formula is C16H13N3O2S2. The zero-order chi connectivity index (χ0) is 16.3. The summed E-state index contributed by atoms with van der Waals surface area (Å²) in [6, 6.07) is 15.9. The highest BCUT2D eigenvalue weighted by molar-refractivity contribution is 7.89. The van der Waals surface area contributed by atoms with Crippen molar-refractivity contribution in [2.75, 3.05) is 6.54 Å². The van der Waals surface area contributed by atoms with Crippen molar-refractivity contribution >= 4 is 31.6 Å². The summed E-state index contributed by atoms with van der Waals surface area (Å²) in [5.41, 5.74) is 1.06. The van der Waals surface area contributed by atoms with Crippen LogP contribution in [0.25, 0.3) is 10.2 Å². The molecule has 0 spiro atoms. The van der Waals surface area contributed by atoms with Gasteiger partial charge in [-0.25, -0.2) is 18.1 Å². The minimum atomic E-state index is -3.70. The summed E-state index contributed by atoms with van der Waals surface area (Å²) in [5.74, 6) is 0. The summed E-state index contributed by atoms with van der Waals surface area (Å²) < 4.78 is 28.2. The fourth-order valence-corrected chi connectivity index (χ4v) is 4.34. The zero-order valence-corrected chi connectivity index (χ0v) is 13.7. The van der Waals surface area contributed by atoms with Crippen LogP contribution in [0.1, 0.15) is 10.6 Å². The maximum atomic E-state index is 12.3. The minimum Gasteiger partial charge on any atom is -0.241 e. The average Bonchev–Trinajstić information content (AvgIpc) is 2.97. The Hall–Kier alpha value is -2.27. The van der Waals surface area contributed by atoms with E-state index in [1.54, 1.807) is 23.5 Å². The van der Waals surface area contributed by atoms with Gasteiger partial charge in [0, 0.05) is 13.0 Å². The largest absolute Gasteiger partial charge is 0.241 e. The second-order valence-corrected chi connectivity index (χ2v) is 7.68. The van der Waals surface area contributed by atoms with Gasteiger partial charge in [0.2, 0.25) is 10.0 Å². The van der Waals surface area contributed by atoms with Gasteiger partial charge in [-0.2, -0.15) is 5.26 Å². The zero-order valence-electron chi connectivity index (χ0n) is 12.1. The standard InChI is InChI=1S/C16H13N3O2S2/c17-11-12-5-1-4-8-15(12)23(20,21)18-10-9-16-19-13-6-2-3-7-14(13)22-16/h1-8,18H,9-10H2. The van der Waals surface area contributed by atoms with Crippen LogP contribution in [0.3, 0.4) is 0 Å². The maximum Gasteiger partial charge on any atom is 0.241 e. The smallest absolute Gasteiger partial charge is 0.241 e. The molecule has 0 bridgehead atoms. The van der Waals surface area contributed by atoms with E-state index in [0.29, 0.717) is 6.42 Å². The first kappa shape index (κ1) is 15.6. The Morgan fingerprint density at radius 2 is 1.87 bits per heavy atom. The number of rotatable bonds is 5. The molecule has 7 heteroatoms. The highest BCUT2D eigenvalue weighted by Gasteiger charge is 2.17. The van der Waals surface area contributed by atoms with Gasteiger partial charge in [0.1, 0.15) is 6.07 Å². The summed E-state index contributed by atoms with van der Waals surface area (Å²) in [6.07, 6.45) is 0.507. The molecule has 0 atom stereocenters. The van der Waals surface area contributed by atoms with Crippen LogP contribution in [-0.4, -0.2) is 19.9 Å². The molecule has 0 aliphatic heterocycles. The third-order valence-corrected chi connectivity index (χ3v) is 5.88. The van der Waals surface area contributed by atoms with Crippen LogP contribution >= 0.6 is 11.3 Å². The molecule has 0 aliphatic rings. The summed E-state index contributed by atoms with van der Waals surface area (Å²) in [6.45, 7) is 0.238. The van der Waals surface area contributed by atoms with Crippen molar-refractivity contribution in [1.82, 2.24) is 9.71 Å². The first-order valence-corrected chi connectivity index (χ1v) is 9.23. The van der Waals surface area contributed by atoms with E-state index in [9.17, 15) is 8.42 Å². The van der Waals surface area contributed by atoms with Gasteiger partial charge in [0.05, 0.1) is 25.7 Å². The lowest BCUT2D eigenvalue weighted by molar-refractivity contribution is 0.581. The van der Waals surface area contributed by atoms with Crippen LogP contribution in [0.5, 0.6) is 0 Å². The quantitative estimate of drug-likeness (QED) is 0.772. The Balaban J connectivity index is 1.71. The summed E-state index contributed by atoms with van der Waals surface area (Å²) in [7, 11) is -3.70. The number of thiazole rings is 1. The van der Waals surface area contributed by atoms with Crippen LogP contribution in [-0.2, 0) is 16.4 Å². The lowest BCUT2D eigenvalue weighted by Crippen LogP contribution is -2.26. The second kappa shape index (κ2) is 6.46. The molecule has 5 nitrogen and oxygen atoms in total. The monoisotopic (exact) mass is 343 g/mol. The first-order valence-electron chi connectivity index (χ1n) is 6.93. The van der Waals surface area contributed by atoms with Gasteiger partial charge >= 0.3 is 0 Å². The molecule has 0 saturated carbocycles. The van der Waals surface area contributed by atoms with Crippen molar-refractivity contribution in [2.24, 2.45) is 0 Å². The SMILES string of the molecule is N#Cc1ccccc1S(=O)(=O)NCCc1nc2ccccc2s1. The minimum absolute atomic E-state index is 0.00630. The molecular weight excluding hydrogens is 330 g/mol. The molecule has 0 amide bonds. The van der Waals surface area contributed by atoms with Crippen molar-refractivity contribution in [3.63, 3.8) is 0 Å². The lowest BCUT2D eigenvalue weighted by Gasteiger charge is -2.07. The molecule has 3 rings (SSSR count). The highest BCUT2D eigenvalue weighted by atomic mass is 32.2.